The highest BCUT2D eigenvalue weighted by Gasteiger charge is 2.32. The molecule has 2 heterocycles. The maximum atomic E-state index is 15.2. The van der Waals surface area contributed by atoms with E-state index < -0.39 is 28.3 Å². The third-order valence-corrected chi connectivity index (χ3v) is 4.79. The smallest absolute Gasteiger partial charge is 0.192 e. The molecule has 2 aliphatic rings. The Morgan fingerprint density at radius 3 is 2.58 bits per heavy atom. The molecule has 1 N–H and O–H groups in total. The Morgan fingerprint density at radius 1 is 1.17 bits per heavy atom. The summed E-state index contributed by atoms with van der Waals surface area (Å²) in [5.74, 6) is -3.38. The van der Waals surface area contributed by atoms with Gasteiger partial charge >= 0.3 is 0 Å². The second kappa shape index (κ2) is 5.51. The third-order valence-electron chi connectivity index (χ3n) is 4.79. The molecule has 2 aromatic rings. The number of nitrogens with zero attached hydrogens (tertiary/aromatic N) is 2. The molecule has 1 atom stereocenters. The molecule has 2 fully saturated rings. The highest BCUT2D eigenvalue weighted by atomic mass is 19.2. The maximum absolute atomic E-state index is 15.2. The number of halogens is 3. The molecule has 7 heteroatoms. The molecule has 1 aliphatic carbocycles. The van der Waals surface area contributed by atoms with E-state index in [1.54, 1.807) is 4.57 Å². The van der Waals surface area contributed by atoms with Gasteiger partial charge < -0.3 is 14.8 Å². The van der Waals surface area contributed by atoms with E-state index in [9.17, 15) is 13.6 Å². The van der Waals surface area contributed by atoms with Crippen molar-refractivity contribution in [2.75, 3.05) is 24.5 Å². The molecule has 1 unspecified atom stereocenters. The zero-order valence-electron chi connectivity index (χ0n) is 13.3. The molecular weight excluding hydrogens is 319 g/mol. The zero-order chi connectivity index (χ0) is 17.0. The monoisotopic (exact) mass is 337 g/mol. The standard InChI is InChI=1S/C17H18F3N3O/c1-9-8-22(7-5-21-9)17-14(19)13(18)12-11(24)4-6-23(10-2-3-10)16(12)15(17)20/h4,6,9-10,21H,2-3,5,7-8H2,1H3. The summed E-state index contributed by atoms with van der Waals surface area (Å²) in [5, 5.41) is 2.69. The van der Waals surface area contributed by atoms with Crippen LogP contribution >= 0.6 is 0 Å². The Morgan fingerprint density at radius 2 is 1.92 bits per heavy atom. The van der Waals surface area contributed by atoms with E-state index in [-0.39, 0.29) is 23.3 Å². The number of benzene rings is 1. The molecule has 24 heavy (non-hydrogen) atoms. The van der Waals surface area contributed by atoms with Gasteiger partial charge in [-0.2, -0.15) is 0 Å². The number of rotatable bonds is 2. The van der Waals surface area contributed by atoms with Crippen LogP contribution in [0.1, 0.15) is 25.8 Å². The van der Waals surface area contributed by atoms with Crippen LogP contribution in [0, 0.1) is 17.5 Å². The van der Waals surface area contributed by atoms with Crippen LogP contribution < -0.4 is 15.6 Å². The molecule has 1 aromatic heterocycles. The van der Waals surface area contributed by atoms with Crippen molar-refractivity contribution < 1.29 is 13.2 Å². The van der Waals surface area contributed by atoms with Crippen molar-refractivity contribution in [2.24, 2.45) is 0 Å². The molecule has 1 saturated carbocycles. The molecule has 128 valence electrons. The maximum Gasteiger partial charge on any atom is 0.192 e. The van der Waals surface area contributed by atoms with Gasteiger partial charge in [-0.3, -0.25) is 4.79 Å². The fourth-order valence-corrected chi connectivity index (χ4v) is 3.48. The molecular formula is C17H18F3N3O. The summed E-state index contributed by atoms with van der Waals surface area (Å²) in [6.07, 6.45) is 3.17. The molecule has 0 radical (unpaired) electrons. The summed E-state index contributed by atoms with van der Waals surface area (Å²) in [6.45, 7) is 3.21. The van der Waals surface area contributed by atoms with Crippen LogP contribution in [0.25, 0.3) is 10.9 Å². The fraction of sp³-hybridized carbons (Fsp3) is 0.471. The van der Waals surface area contributed by atoms with E-state index >= 15 is 4.39 Å². The first-order valence-electron chi connectivity index (χ1n) is 8.18. The van der Waals surface area contributed by atoms with Crippen LogP contribution in [-0.2, 0) is 0 Å². The van der Waals surface area contributed by atoms with Crippen molar-refractivity contribution in [2.45, 2.75) is 31.8 Å². The summed E-state index contributed by atoms with van der Waals surface area (Å²) in [5.41, 5.74) is -1.18. The van der Waals surface area contributed by atoms with Crippen LogP contribution in [0.15, 0.2) is 17.1 Å². The molecule has 4 nitrogen and oxygen atoms in total. The second-order valence-corrected chi connectivity index (χ2v) is 6.63. The van der Waals surface area contributed by atoms with Gasteiger partial charge in [0.2, 0.25) is 0 Å². The van der Waals surface area contributed by atoms with Gasteiger partial charge in [0.15, 0.2) is 22.9 Å². The van der Waals surface area contributed by atoms with Crippen LogP contribution in [0.4, 0.5) is 18.9 Å². The van der Waals surface area contributed by atoms with Crippen molar-refractivity contribution in [3.05, 3.63) is 39.9 Å². The first-order valence-corrected chi connectivity index (χ1v) is 8.18. The third kappa shape index (κ3) is 2.30. The van der Waals surface area contributed by atoms with E-state index in [2.05, 4.69) is 5.32 Å². The lowest BCUT2D eigenvalue weighted by atomic mass is 10.1. The molecule has 1 aromatic carbocycles. The quantitative estimate of drug-likeness (QED) is 0.856. The van der Waals surface area contributed by atoms with Gasteiger partial charge in [-0.1, -0.05) is 0 Å². The van der Waals surface area contributed by atoms with Gasteiger partial charge in [0.1, 0.15) is 5.69 Å². The van der Waals surface area contributed by atoms with Gasteiger partial charge in [-0.05, 0) is 19.8 Å². The number of fused-ring (bicyclic) bond motifs is 1. The van der Waals surface area contributed by atoms with Crippen molar-refractivity contribution >= 4 is 16.6 Å². The normalized spacial score (nSPS) is 21.5. The van der Waals surface area contributed by atoms with Crippen LogP contribution in [0.3, 0.4) is 0 Å². The van der Waals surface area contributed by atoms with Gasteiger partial charge in [-0.15, -0.1) is 0 Å². The summed E-state index contributed by atoms with van der Waals surface area (Å²) in [6, 6.07) is 1.26. The van der Waals surface area contributed by atoms with Gasteiger partial charge in [0, 0.05) is 44.0 Å². The summed E-state index contributed by atoms with van der Waals surface area (Å²) in [4.78, 5) is 13.5. The number of anilines is 1. The Bertz CT molecular complexity index is 876. The van der Waals surface area contributed by atoms with Crippen LogP contribution in [0.2, 0.25) is 0 Å². The zero-order valence-corrected chi connectivity index (χ0v) is 13.3. The number of piperazine rings is 1. The van der Waals surface area contributed by atoms with E-state index in [4.69, 9.17) is 0 Å². The summed E-state index contributed by atoms with van der Waals surface area (Å²) >= 11 is 0. The Labute approximate surface area is 136 Å². The molecule has 1 saturated heterocycles. The largest absolute Gasteiger partial charge is 0.364 e. The minimum atomic E-state index is -1.28. The fourth-order valence-electron chi connectivity index (χ4n) is 3.48. The molecule has 0 amide bonds. The van der Waals surface area contributed by atoms with E-state index in [0.29, 0.717) is 19.6 Å². The van der Waals surface area contributed by atoms with Crippen molar-refractivity contribution in [3.63, 3.8) is 0 Å². The number of aromatic nitrogens is 1. The lowest BCUT2D eigenvalue weighted by Crippen LogP contribution is -2.50. The van der Waals surface area contributed by atoms with Gasteiger partial charge in [-0.25, -0.2) is 13.2 Å². The average molecular weight is 337 g/mol. The highest BCUT2D eigenvalue weighted by Crippen LogP contribution is 2.40. The highest BCUT2D eigenvalue weighted by molar-refractivity contribution is 5.85. The Hall–Kier alpha value is -2.02. The Kier molecular flexibility index (Phi) is 3.56. The molecule has 0 bridgehead atoms. The predicted octanol–water partition coefficient (Wildman–Crippen LogP) is 2.55. The second-order valence-electron chi connectivity index (χ2n) is 6.63. The number of nitrogens with one attached hydrogen (secondary N) is 1. The van der Waals surface area contributed by atoms with Crippen LogP contribution in [-0.4, -0.2) is 30.2 Å². The SMILES string of the molecule is CC1CN(c2c(F)c(F)c3c(=O)ccn(C4CC4)c3c2F)CCN1. The first-order chi connectivity index (χ1) is 11.5. The summed E-state index contributed by atoms with van der Waals surface area (Å²) < 4.78 is 46.0. The average Bonchev–Trinajstić information content (AvgIpc) is 3.37. The molecule has 4 rings (SSSR count). The number of pyridine rings is 1. The van der Waals surface area contributed by atoms with E-state index in [1.807, 2.05) is 6.92 Å². The van der Waals surface area contributed by atoms with Crippen molar-refractivity contribution in [3.8, 4) is 0 Å². The lowest BCUT2D eigenvalue weighted by molar-refractivity contribution is 0.457. The number of hydrogen-bond donors (Lipinski definition) is 1. The predicted molar refractivity (Wildman–Crippen MR) is 86.0 cm³/mol. The minimum absolute atomic E-state index is 0.0395. The van der Waals surface area contributed by atoms with Crippen molar-refractivity contribution in [1.82, 2.24) is 9.88 Å². The van der Waals surface area contributed by atoms with Crippen LogP contribution in [0.5, 0.6) is 0 Å². The summed E-state index contributed by atoms with van der Waals surface area (Å²) in [7, 11) is 0. The van der Waals surface area contributed by atoms with Gasteiger partial charge in [0.25, 0.3) is 0 Å². The number of hydrogen-bond acceptors (Lipinski definition) is 3. The molecule has 0 spiro atoms. The van der Waals surface area contributed by atoms with E-state index in [1.165, 1.54) is 17.2 Å². The van der Waals surface area contributed by atoms with Gasteiger partial charge in [0.05, 0.1) is 10.9 Å². The Balaban J connectivity index is 2.01. The minimum Gasteiger partial charge on any atom is -0.364 e. The van der Waals surface area contributed by atoms with E-state index in [0.717, 1.165) is 12.8 Å². The first kappa shape index (κ1) is 15.5. The molecule has 1 aliphatic heterocycles. The lowest BCUT2D eigenvalue weighted by Gasteiger charge is -2.34. The topological polar surface area (TPSA) is 37.3 Å². The van der Waals surface area contributed by atoms with Crippen molar-refractivity contribution in [1.29, 1.82) is 0 Å².